The zero-order chi connectivity index (χ0) is 14.4. The number of carboxylic acids is 1. The van der Waals surface area contributed by atoms with E-state index in [9.17, 15) is 9.59 Å². The first kappa shape index (κ1) is 13.5. The second-order valence-corrected chi connectivity index (χ2v) is 3.86. The SMILES string of the molecule is O=C(NCc1ccncn1)Nc1ccccc1C(=O)O. The van der Waals surface area contributed by atoms with Gasteiger partial charge in [0, 0.05) is 6.20 Å². The fourth-order valence-corrected chi connectivity index (χ4v) is 1.54. The third kappa shape index (κ3) is 3.52. The first-order valence-electron chi connectivity index (χ1n) is 5.79. The van der Waals surface area contributed by atoms with Crippen LogP contribution in [0.5, 0.6) is 0 Å². The van der Waals surface area contributed by atoms with Gasteiger partial charge in [-0.1, -0.05) is 12.1 Å². The quantitative estimate of drug-likeness (QED) is 0.782. The summed E-state index contributed by atoms with van der Waals surface area (Å²) in [6.07, 6.45) is 2.95. The standard InChI is InChI=1S/C13H12N4O3/c18-12(19)10-3-1-2-4-11(10)17-13(20)15-7-9-5-6-14-8-16-9/h1-6,8H,7H2,(H,18,19)(H2,15,17,20). The second kappa shape index (κ2) is 6.28. The van der Waals surface area contributed by atoms with Crippen LogP contribution in [-0.2, 0) is 6.54 Å². The number of hydrogen-bond acceptors (Lipinski definition) is 4. The molecule has 1 aromatic heterocycles. The zero-order valence-corrected chi connectivity index (χ0v) is 10.4. The second-order valence-electron chi connectivity index (χ2n) is 3.86. The Morgan fingerprint density at radius 1 is 1.20 bits per heavy atom. The van der Waals surface area contributed by atoms with E-state index in [0.29, 0.717) is 5.69 Å². The Balaban J connectivity index is 1.97. The van der Waals surface area contributed by atoms with Crippen LogP contribution in [0.1, 0.15) is 16.1 Å². The summed E-state index contributed by atoms with van der Waals surface area (Å²) in [6.45, 7) is 0.226. The van der Waals surface area contributed by atoms with Crippen LogP contribution in [0.4, 0.5) is 10.5 Å². The van der Waals surface area contributed by atoms with Crippen LogP contribution < -0.4 is 10.6 Å². The number of benzene rings is 1. The summed E-state index contributed by atoms with van der Waals surface area (Å²) in [5.74, 6) is -1.10. The van der Waals surface area contributed by atoms with Gasteiger partial charge in [-0.05, 0) is 18.2 Å². The third-order valence-electron chi connectivity index (χ3n) is 2.48. The third-order valence-corrected chi connectivity index (χ3v) is 2.48. The van der Waals surface area contributed by atoms with Crippen molar-refractivity contribution < 1.29 is 14.7 Å². The summed E-state index contributed by atoms with van der Waals surface area (Å²) < 4.78 is 0. The van der Waals surface area contributed by atoms with E-state index < -0.39 is 12.0 Å². The van der Waals surface area contributed by atoms with Gasteiger partial charge in [0.1, 0.15) is 6.33 Å². The van der Waals surface area contributed by atoms with Crippen LogP contribution in [0.15, 0.2) is 42.9 Å². The molecule has 20 heavy (non-hydrogen) atoms. The number of aromatic nitrogens is 2. The lowest BCUT2D eigenvalue weighted by atomic mass is 10.2. The number of nitrogens with one attached hydrogen (secondary N) is 2. The van der Waals surface area contributed by atoms with Crippen molar-refractivity contribution >= 4 is 17.7 Å². The highest BCUT2D eigenvalue weighted by atomic mass is 16.4. The Hall–Kier alpha value is -2.96. The van der Waals surface area contributed by atoms with Gasteiger partial charge in [-0.2, -0.15) is 0 Å². The highest BCUT2D eigenvalue weighted by Gasteiger charge is 2.11. The average Bonchev–Trinajstić information content (AvgIpc) is 2.46. The minimum atomic E-state index is -1.10. The zero-order valence-electron chi connectivity index (χ0n) is 10.4. The van der Waals surface area contributed by atoms with E-state index in [0.717, 1.165) is 0 Å². The Morgan fingerprint density at radius 2 is 2.00 bits per heavy atom. The van der Waals surface area contributed by atoms with E-state index in [1.165, 1.54) is 18.5 Å². The summed E-state index contributed by atoms with van der Waals surface area (Å²) >= 11 is 0. The molecule has 7 heteroatoms. The summed E-state index contributed by atoms with van der Waals surface area (Å²) in [5, 5.41) is 14.1. The van der Waals surface area contributed by atoms with Gasteiger partial charge in [0.2, 0.25) is 0 Å². The van der Waals surface area contributed by atoms with Gasteiger partial charge in [-0.3, -0.25) is 0 Å². The maximum atomic E-state index is 11.7. The molecule has 2 rings (SSSR count). The molecule has 1 heterocycles. The van der Waals surface area contributed by atoms with Gasteiger partial charge in [0.25, 0.3) is 0 Å². The van der Waals surface area contributed by atoms with Crippen molar-refractivity contribution in [2.45, 2.75) is 6.54 Å². The number of carboxylic acid groups (broad SMARTS) is 1. The van der Waals surface area contributed by atoms with Crippen LogP contribution in [0.2, 0.25) is 0 Å². The predicted octanol–water partition coefficient (Wildman–Crippen LogP) is 1.50. The molecular formula is C13H12N4O3. The molecule has 7 nitrogen and oxygen atoms in total. The Labute approximate surface area is 114 Å². The lowest BCUT2D eigenvalue weighted by molar-refractivity contribution is 0.0698. The van der Waals surface area contributed by atoms with E-state index in [1.807, 2.05) is 0 Å². The molecule has 0 aliphatic heterocycles. The number of anilines is 1. The van der Waals surface area contributed by atoms with Gasteiger partial charge in [0.05, 0.1) is 23.5 Å². The molecule has 0 aliphatic rings. The number of urea groups is 1. The summed E-state index contributed by atoms with van der Waals surface area (Å²) in [4.78, 5) is 30.4. The van der Waals surface area contributed by atoms with Crippen molar-refractivity contribution in [1.82, 2.24) is 15.3 Å². The normalized spacial score (nSPS) is 9.80. The maximum Gasteiger partial charge on any atom is 0.337 e. The number of carbonyl (C=O) groups excluding carboxylic acids is 1. The van der Waals surface area contributed by atoms with Crippen LogP contribution in [0.3, 0.4) is 0 Å². The van der Waals surface area contributed by atoms with Crippen molar-refractivity contribution in [3.63, 3.8) is 0 Å². The maximum absolute atomic E-state index is 11.7. The van der Waals surface area contributed by atoms with Gasteiger partial charge in [-0.15, -0.1) is 0 Å². The molecule has 2 aromatic rings. The molecule has 102 valence electrons. The number of para-hydroxylation sites is 1. The lowest BCUT2D eigenvalue weighted by Crippen LogP contribution is -2.29. The number of carbonyl (C=O) groups is 2. The van der Waals surface area contributed by atoms with Crippen LogP contribution >= 0.6 is 0 Å². The molecule has 0 unspecified atom stereocenters. The topological polar surface area (TPSA) is 104 Å². The molecule has 1 aromatic carbocycles. The largest absolute Gasteiger partial charge is 0.478 e. The highest BCUT2D eigenvalue weighted by Crippen LogP contribution is 2.14. The van der Waals surface area contributed by atoms with Gasteiger partial charge in [0.15, 0.2) is 0 Å². The van der Waals surface area contributed by atoms with E-state index in [2.05, 4.69) is 20.6 Å². The molecule has 0 radical (unpaired) electrons. The lowest BCUT2D eigenvalue weighted by Gasteiger charge is -2.09. The minimum Gasteiger partial charge on any atom is -0.478 e. The Kier molecular flexibility index (Phi) is 4.23. The van der Waals surface area contributed by atoms with E-state index in [1.54, 1.807) is 24.4 Å². The smallest absolute Gasteiger partial charge is 0.337 e. The van der Waals surface area contributed by atoms with Gasteiger partial charge < -0.3 is 15.7 Å². The number of hydrogen-bond donors (Lipinski definition) is 3. The molecule has 0 aliphatic carbocycles. The van der Waals surface area contributed by atoms with Crippen LogP contribution in [0, 0.1) is 0 Å². The molecule has 0 saturated heterocycles. The van der Waals surface area contributed by atoms with Gasteiger partial charge >= 0.3 is 12.0 Å². The predicted molar refractivity (Wildman–Crippen MR) is 71.3 cm³/mol. The first-order chi connectivity index (χ1) is 9.66. The molecule has 0 saturated carbocycles. The molecule has 0 spiro atoms. The van der Waals surface area contributed by atoms with Crippen molar-refractivity contribution in [2.75, 3.05) is 5.32 Å². The fourth-order valence-electron chi connectivity index (χ4n) is 1.54. The average molecular weight is 272 g/mol. The Morgan fingerprint density at radius 3 is 2.70 bits per heavy atom. The molecular weight excluding hydrogens is 260 g/mol. The van der Waals surface area contributed by atoms with E-state index in [-0.39, 0.29) is 17.8 Å². The van der Waals surface area contributed by atoms with Crippen molar-refractivity contribution in [3.8, 4) is 0 Å². The first-order valence-corrected chi connectivity index (χ1v) is 5.79. The summed E-state index contributed by atoms with van der Waals surface area (Å²) in [6, 6.07) is 7.35. The number of nitrogens with zero attached hydrogens (tertiary/aromatic N) is 2. The van der Waals surface area contributed by atoms with Crippen molar-refractivity contribution in [3.05, 3.63) is 54.1 Å². The van der Waals surface area contributed by atoms with Crippen LogP contribution in [0.25, 0.3) is 0 Å². The molecule has 2 amide bonds. The molecule has 0 bridgehead atoms. The highest BCUT2D eigenvalue weighted by molar-refractivity contribution is 5.99. The Bertz CT molecular complexity index is 616. The summed E-state index contributed by atoms with van der Waals surface area (Å²) in [7, 11) is 0. The number of amides is 2. The monoisotopic (exact) mass is 272 g/mol. The molecule has 0 atom stereocenters. The number of rotatable bonds is 4. The molecule has 3 N–H and O–H groups in total. The van der Waals surface area contributed by atoms with Gasteiger partial charge in [-0.25, -0.2) is 19.6 Å². The van der Waals surface area contributed by atoms with Crippen molar-refractivity contribution in [1.29, 1.82) is 0 Å². The minimum absolute atomic E-state index is 0.0321. The summed E-state index contributed by atoms with van der Waals surface area (Å²) in [5.41, 5.74) is 0.923. The van der Waals surface area contributed by atoms with E-state index >= 15 is 0 Å². The van der Waals surface area contributed by atoms with E-state index in [4.69, 9.17) is 5.11 Å². The fraction of sp³-hybridized carbons (Fsp3) is 0.0769. The number of aromatic carboxylic acids is 1. The molecule has 0 fully saturated rings. The van der Waals surface area contributed by atoms with Crippen LogP contribution in [-0.4, -0.2) is 27.1 Å². The van der Waals surface area contributed by atoms with Crippen molar-refractivity contribution in [2.24, 2.45) is 0 Å².